The van der Waals surface area contributed by atoms with Gasteiger partial charge < -0.3 is 14.9 Å². The monoisotopic (exact) mass is 419 g/mol. The highest BCUT2D eigenvalue weighted by atomic mass is 16.5. The molecule has 0 spiro atoms. The molecule has 0 aliphatic heterocycles. The highest BCUT2D eigenvalue weighted by Gasteiger charge is 2.18. The maximum absolute atomic E-state index is 10.6. The molecule has 1 heterocycles. The van der Waals surface area contributed by atoms with Gasteiger partial charge in [-0.15, -0.1) is 0 Å². The molecule has 2 aromatic carbocycles. The molecule has 0 amide bonds. The summed E-state index contributed by atoms with van der Waals surface area (Å²) in [5, 5.41) is 16.0. The highest BCUT2D eigenvalue weighted by Crippen LogP contribution is 2.35. The Morgan fingerprint density at radius 2 is 1.84 bits per heavy atom. The number of carboxylic acid groups (broad SMARTS) is 1. The van der Waals surface area contributed by atoms with E-state index in [4.69, 9.17) is 9.63 Å². The zero-order chi connectivity index (χ0) is 21.6. The van der Waals surface area contributed by atoms with Crippen LogP contribution in [0.5, 0.6) is 0 Å². The van der Waals surface area contributed by atoms with Crippen LogP contribution >= 0.6 is 0 Å². The summed E-state index contributed by atoms with van der Waals surface area (Å²) in [6.45, 7) is 3.25. The van der Waals surface area contributed by atoms with Crippen molar-refractivity contribution < 1.29 is 14.4 Å². The molecule has 31 heavy (non-hydrogen) atoms. The summed E-state index contributed by atoms with van der Waals surface area (Å²) >= 11 is 0. The third-order valence-electron chi connectivity index (χ3n) is 6.04. The molecule has 0 unspecified atom stereocenters. The minimum absolute atomic E-state index is 0.116. The molecule has 6 heteroatoms. The van der Waals surface area contributed by atoms with Crippen molar-refractivity contribution in [2.75, 3.05) is 6.54 Å². The molecule has 4 rings (SSSR count). The molecule has 0 bridgehead atoms. The van der Waals surface area contributed by atoms with Crippen molar-refractivity contribution in [1.29, 1.82) is 0 Å². The first-order valence-corrected chi connectivity index (χ1v) is 11.1. The Kier molecular flexibility index (Phi) is 6.77. The van der Waals surface area contributed by atoms with Crippen molar-refractivity contribution in [1.82, 2.24) is 15.5 Å². The van der Waals surface area contributed by atoms with E-state index >= 15 is 0 Å². The predicted octanol–water partition coefficient (Wildman–Crippen LogP) is 5.32. The van der Waals surface area contributed by atoms with Crippen LogP contribution in [0.15, 0.2) is 47.0 Å². The normalized spacial score (nSPS) is 14.6. The topological polar surface area (TPSA) is 88.2 Å². The van der Waals surface area contributed by atoms with Gasteiger partial charge in [0, 0.05) is 24.2 Å². The molecule has 1 fully saturated rings. The molecule has 2 N–H and O–H groups in total. The number of hydrogen-bond donors (Lipinski definition) is 2. The Labute approximate surface area is 182 Å². The van der Waals surface area contributed by atoms with Crippen LogP contribution in [0.4, 0.5) is 0 Å². The molecule has 162 valence electrons. The number of nitrogens with zero attached hydrogens (tertiary/aromatic N) is 2. The minimum Gasteiger partial charge on any atom is -0.481 e. The van der Waals surface area contributed by atoms with Crippen molar-refractivity contribution in [3.05, 3.63) is 59.2 Å². The van der Waals surface area contributed by atoms with Crippen molar-refractivity contribution in [3.8, 4) is 22.8 Å². The average Bonchev–Trinajstić information content (AvgIpc) is 3.28. The summed E-state index contributed by atoms with van der Waals surface area (Å²) in [7, 11) is 0. The molecule has 0 atom stereocenters. The Morgan fingerprint density at radius 3 is 2.55 bits per heavy atom. The van der Waals surface area contributed by atoms with Crippen molar-refractivity contribution in [2.45, 2.75) is 57.9 Å². The van der Waals surface area contributed by atoms with Gasteiger partial charge in [-0.25, -0.2) is 0 Å². The van der Waals surface area contributed by atoms with E-state index in [9.17, 15) is 4.79 Å². The second-order valence-electron chi connectivity index (χ2n) is 8.35. The molecule has 0 radical (unpaired) electrons. The number of benzene rings is 2. The zero-order valence-electron chi connectivity index (χ0n) is 17.9. The molecule has 1 saturated carbocycles. The molecule has 1 aromatic heterocycles. The Bertz CT molecular complexity index is 1020. The molecule has 6 nitrogen and oxygen atoms in total. The lowest BCUT2D eigenvalue weighted by Crippen LogP contribution is -2.17. The number of aromatic nitrogens is 2. The Hall–Kier alpha value is -2.99. The number of carboxylic acids is 1. The van der Waals surface area contributed by atoms with E-state index in [2.05, 4.69) is 40.6 Å². The molecule has 1 aliphatic carbocycles. The molecular weight excluding hydrogens is 390 g/mol. The number of hydrogen-bond acceptors (Lipinski definition) is 5. The number of carbonyl (C=O) groups is 1. The third kappa shape index (κ3) is 5.39. The Morgan fingerprint density at radius 1 is 1.10 bits per heavy atom. The highest BCUT2D eigenvalue weighted by molar-refractivity contribution is 5.66. The van der Waals surface area contributed by atoms with Gasteiger partial charge in [0.05, 0.1) is 6.42 Å². The van der Waals surface area contributed by atoms with E-state index in [0.717, 1.165) is 16.7 Å². The molecule has 0 saturated heterocycles. The first-order valence-electron chi connectivity index (χ1n) is 11.1. The second kappa shape index (κ2) is 9.88. The molecular formula is C25H29N3O3. The lowest BCUT2D eigenvalue weighted by atomic mass is 9.82. The van der Waals surface area contributed by atoms with Crippen LogP contribution in [0.2, 0.25) is 0 Å². The van der Waals surface area contributed by atoms with Crippen molar-refractivity contribution in [2.24, 2.45) is 0 Å². The number of rotatable bonds is 8. The van der Waals surface area contributed by atoms with Gasteiger partial charge in [-0.3, -0.25) is 4.79 Å². The maximum Gasteiger partial charge on any atom is 0.304 e. The zero-order valence-corrected chi connectivity index (χ0v) is 17.9. The van der Waals surface area contributed by atoms with Crippen molar-refractivity contribution in [3.63, 3.8) is 0 Å². The number of aryl methyl sites for hydroxylation is 1. The summed E-state index contributed by atoms with van der Waals surface area (Å²) in [5.41, 5.74) is 5.67. The third-order valence-corrected chi connectivity index (χ3v) is 6.04. The van der Waals surface area contributed by atoms with Crippen LogP contribution in [-0.2, 0) is 11.3 Å². The van der Waals surface area contributed by atoms with E-state index in [-0.39, 0.29) is 6.42 Å². The van der Waals surface area contributed by atoms with Gasteiger partial charge in [-0.05, 0) is 54.5 Å². The van der Waals surface area contributed by atoms with E-state index in [0.29, 0.717) is 30.7 Å². The van der Waals surface area contributed by atoms with Crippen LogP contribution in [0, 0.1) is 6.92 Å². The van der Waals surface area contributed by atoms with Gasteiger partial charge in [0.25, 0.3) is 5.89 Å². The van der Waals surface area contributed by atoms with Crippen LogP contribution < -0.4 is 5.32 Å². The first kappa shape index (κ1) is 21.2. The predicted molar refractivity (Wildman–Crippen MR) is 120 cm³/mol. The standard InChI is InChI=1S/C25H29N3O3/c1-17-15-21(11-12-22(17)19-5-3-2-4-6-19)25-27-24(28-31-25)20-9-7-18(8-10-20)16-26-14-13-23(29)30/h7-12,15,19,26H,2-6,13-14,16H2,1H3,(H,29,30). The van der Waals surface area contributed by atoms with E-state index in [1.165, 1.54) is 43.2 Å². The number of nitrogens with one attached hydrogen (secondary N) is 1. The van der Waals surface area contributed by atoms with Crippen molar-refractivity contribution >= 4 is 5.97 Å². The van der Waals surface area contributed by atoms with Gasteiger partial charge in [-0.1, -0.05) is 54.8 Å². The maximum atomic E-state index is 10.6. The Balaban J connectivity index is 1.42. The quantitative estimate of drug-likeness (QED) is 0.480. The fraction of sp³-hybridized carbons (Fsp3) is 0.400. The van der Waals surface area contributed by atoms with Gasteiger partial charge in [0.1, 0.15) is 0 Å². The number of aliphatic carboxylic acids is 1. The first-order chi connectivity index (χ1) is 15.1. The summed E-state index contributed by atoms with van der Waals surface area (Å²) in [5.74, 6) is 0.981. The lowest BCUT2D eigenvalue weighted by Gasteiger charge is -2.23. The fourth-order valence-corrected chi connectivity index (χ4v) is 4.34. The second-order valence-corrected chi connectivity index (χ2v) is 8.35. The lowest BCUT2D eigenvalue weighted by molar-refractivity contribution is -0.136. The molecule has 1 aliphatic rings. The summed E-state index contributed by atoms with van der Waals surface area (Å²) in [6.07, 6.45) is 6.71. The van der Waals surface area contributed by atoms with E-state index in [1.807, 2.05) is 24.3 Å². The van der Waals surface area contributed by atoms with E-state index < -0.39 is 5.97 Å². The SMILES string of the molecule is Cc1cc(-c2nc(-c3ccc(CNCCC(=O)O)cc3)no2)ccc1C1CCCCC1. The van der Waals surface area contributed by atoms with Crippen LogP contribution in [-0.4, -0.2) is 27.8 Å². The van der Waals surface area contributed by atoms with E-state index in [1.54, 1.807) is 0 Å². The van der Waals surface area contributed by atoms with Gasteiger partial charge in [0.2, 0.25) is 5.82 Å². The summed E-state index contributed by atoms with van der Waals surface area (Å²) in [4.78, 5) is 15.2. The van der Waals surface area contributed by atoms with Gasteiger partial charge in [0.15, 0.2) is 0 Å². The van der Waals surface area contributed by atoms with Crippen LogP contribution in [0.25, 0.3) is 22.8 Å². The average molecular weight is 420 g/mol. The van der Waals surface area contributed by atoms with Crippen LogP contribution in [0.3, 0.4) is 0 Å². The smallest absolute Gasteiger partial charge is 0.304 e. The largest absolute Gasteiger partial charge is 0.481 e. The van der Waals surface area contributed by atoms with Gasteiger partial charge >= 0.3 is 5.97 Å². The molecule has 3 aromatic rings. The van der Waals surface area contributed by atoms with Crippen LogP contribution in [0.1, 0.15) is 61.1 Å². The van der Waals surface area contributed by atoms with Gasteiger partial charge in [-0.2, -0.15) is 4.98 Å². The summed E-state index contributed by atoms with van der Waals surface area (Å²) in [6, 6.07) is 14.4. The minimum atomic E-state index is -0.797. The fourth-order valence-electron chi connectivity index (χ4n) is 4.34. The summed E-state index contributed by atoms with van der Waals surface area (Å²) < 4.78 is 5.55.